The first-order valence-electron chi connectivity index (χ1n) is 4.82. The van der Waals surface area contributed by atoms with Crippen LogP contribution < -0.4 is 4.74 Å². The lowest BCUT2D eigenvalue weighted by Gasteiger charge is -2.05. The number of carbonyl (C=O) groups is 1. The molecule has 0 bridgehead atoms. The van der Waals surface area contributed by atoms with Crippen molar-refractivity contribution >= 4 is 5.91 Å². The Labute approximate surface area is 98.1 Å². The van der Waals surface area contributed by atoms with Crippen molar-refractivity contribution in [2.24, 2.45) is 16.3 Å². The number of methoxy groups -OCH3 is 1. The van der Waals surface area contributed by atoms with Gasteiger partial charge in [-0.2, -0.15) is 5.26 Å². The molecule has 0 heterocycles. The van der Waals surface area contributed by atoms with Crippen molar-refractivity contribution in [2.75, 3.05) is 7.11 Å². The number of benzene rings is 1. The number of ether oxygens (including phenoxy) is 1. The van der Waals surface area contributed by atoms with Crippen LogP contribution in [0, 0.1) is 17.2 Å². The lowest BCUT2D eigenvalue weighted by Crippen LogP contribution is -2.12. The normalized spacial score (nSPS) is 12.0. The minimum absolute atomic E-state index is 0.221. The third kappa shape index (κ3) is 3.57. The van der Waals surface area contributed by atoms with Gasteiger partial charge in [0.2, 0.25) is 0 Å². The van der Waals surface area contributed by atoms with Crippen LogP contribution in [0.15, 0.2) is 34.7 Å². The van der Waals surface area contributed by atoms with Gasteiger partial charge in [-0.25, -0.2) is 0 Å². The van der Waals surface area contributed by atoms with Gasteiger partial charge in [-0.1, -0.05) is 17.2 Å². The number of nitrogens with zero attached hydrogens (tertiary/aromatic N) is 3. The van der Waals surface area contributed by atoms with E-state index in [9.17, 15) is 4.79 Å². The van der Waals surface area contributed by atoms with Crippen LogP contribution in [0.5, 0.6) is 5.75 Å². The van der Waals surface area contributed by atoms with E-state index in [1.165, 1.54) is 0 Å². The highest BCUT2D eigenvalue weighted by Crippen LogP contribution is 2.15. The molecule has 1 unspecified atom stereocenters. The number of carbonyl (C=O) groups excluding carboxylic acids is 1. The van der Waals surface area contributed by atoms with Gasteiger partial charge in [-0.05, 0) is 24.1 Å². The van der Waals surface area contributed by atoms with Gasteiger partial charge in [0, 0.05) is 5.28 Å². The predicted octanol–water partition coefficient (Wildman–Crippen LogP) is 1.75. The van der Waals surface area contributed by atoms with Crippen LogP contribution >= 0.6 is 0 Å². The van der Waals surface area contributed by atoms with Crippen molar-refractivity contribution in [3.05, 3.63) is 29.8 Å². The molecule has 0 spiro atoms. The fraction of sp³-hybridized carbons (Fsp3) is 0.273. The van der Waals surface area contributed by atoms with E-state index >= 15 is 0 Å². The highest BCUT2D eigenvalue weighted by Gasteiger charge is 2.18. The molecule has 0 radical (unpaired) electrons. The Bertz CT molecular complexity index is 448. The van der Waals surface area contributed by atoms with Crippen LogP contribution in [0.4, 0.5) is 0 Å². The molecule has 6 heteroatoms. The summed E-state index contributed by atoms with van der Waals surface area (Å²) in [5.41, 5.74) is 0.804. The Balaban J connectivity index is 2.74. The number of nitriles is 1. The van der Waals surface area contributed by atoms with Crippen molar-refractivity contribution in [3.63, 3.8) is 0 Å². The molecule has 1 amide bonds. The lowest BCUT2D eigenvalue weighted by molar-refractivity contribution is -0.121. The van der Waals surface area contributed by atoms with Gasteiger partial charge in [0.15, 0.2) is 0 Å². The number of hydrogen-bond donors (Lipinski definition) is 1. The first-order valence-corrected chi connectivity index (χ1v) is 4.82. The average molecular weight is 233 g/mol. The molecule has 88 valence electrons. The van der Waals surface area contributed by atoms with E-state index in [4.69, 9.17) is 15.2 Å². The van der Waals surface area contributed by atoms with Gasteiger partial charge >= 0.3 is 0 Å². The molecule has 0 saturated carbocycles. The van der Waals surface area contributed by atoms with Crippen molar-refractivity contribution in [1.82, 2.24) is 0 Å². The molecule has 0 aliphatic rings. The molecule has 1 aromatic carbocycles. The second-order valence-electron chi connectivity index (χ2n) is 3.26. The molecule has 17 heavy (non-hydrogen) atoms. The van der Waals surface area contributed by atoms with Crippen molar-refractivity contribution in [3.8, 4) is 11.8 Å². The molecule has 1 atom stereocenters. The number of hydrogen-bond acceptors (Lipinski definition) is 4. The molecule has 0 aliphatic heterocycles. The summed E-state index contributed by atoms with van der Waals surface area (Å²) in [5.74, 6) is -1.01. The van der Waals surface area contributed by atoms with E-state index in [1.807, 2.05) is 6.07 Å². The second-order valence-corrected chi connectivity index (χ2v) is 3.26. The van der Waals surface area contributed by atoms with Gasteiger partial charge < -0.3 is 9.94 Å². The molecule has 1 aromatic rings. The summed E-state index contributed by atoms with van der Waals surface area (Å²) in [6.07, 6.45) is 0.221. The highest BCUT2D eigenvalue weighted by molar-refractivity contribution is 5.81. The smallest absolute Gasteiger partial charge is 0.285 e. The summed E-state index contributed by atoms with van der Waals surface area (Å²) in [7, 11) is 1.55. The zero-order valence-corrected chi connectivity index (χ0v) is 9.20. The summed E-state index contributed by atoms with van der Waals surface area (Å²) in [6, 6.07) is 8.81. The molecule has 0 fully saturated rings. The predicted molar refractivity (Wildman–Crippen MR) is 57.5 cm³/mol. The quantitative estimate of drug-likeness (QED) is 0.633. The maximum atomic E-state index is 11.2. The van der Waals surface area contributed by atoms with Crippen LogP contribution in [-0.2, 0) is 11.2 Å². The third-order valence-corrected chi connectivity index (χ3v) is 2.20. The van der Waals surface area contributed by atoms with Crippen LogP contribution in [0.1, 0.15) is 5.56 Å². The van der Waals surface area contributed by atoms with E-state index in [2.05, 4.69) is 10.4 Å². The fourth-order valence-electron chi connectivity index (χ4n) is 1.30. The summed E-state index contributed by atoms with van der Waals surface area (Å²) >= 11 is 0. The minimum atomic E-state index is -0.945. The molecule has 6 nitrogen and oxygen atoms in total. The molecular formula is C11H11N3O3. The summed E-state index contributed by atoms with van der Waals surface area (Å²) in [6.45, 7) is 0. The summed E-state index contributed by atoms with van der Waals surface area (Å²) < 4.78 is 4.99. The van der Waals surface area contributed by atoms with Gasteiger partial charge in [-0.3, -0.25) is 4.79 Å². The molecule has 1 rings (SSSR count). The monoisotopic (exact) mass is 233 g/mol. The van der Waals surface area contributed by atoms with E-state index in [1.54, 1.807) is 31.4 Å². The summed E-state index contributed by atoms with van der Waals surface area (Å²) in [4.78, 5) is 11.2. The van der Waals surface area contributed by atoms with E-state index in [0.717, 1.165) is 5.56 Å². The van der Waals surface area contributed by atoms with Crippen LogP contribution in [0.3, 0.4) is 0 Å². The maximum Gasteiger partial charge on any atom is 0.285 e. The first kappa shape index (κ1) is 12.6. The van der Waals surface area contributed by atoms with Gasteiger partial charge in [0.05, 0.1) is 13.2 Å². The van der Waals surface area contributed by atoms with Gasteiger partial charge in [0.1, 0.15) is 11.7 Å². The van der Waals surface area contributed by atoms with Crippen molar-refractivity contribution in [1.29, 1.82) is 5.26 Å². The largest absolute Gasteiger partial charge is 0.497 e. The number of amides is 1. The van der Waals surface area contributed by atoms with E-state index < -0.39 is 11.8 Å². The topological polar surface area (TPSA) is 95.0 Å². The maximum absolute atomic E-state index is 11.2. The van der Waals surface area contributed by atoms with Crippen LogP contribution in [0.25, 0.3) is 0 Å². The Hall–Kier alpha value is -2.42. The third-order valence-electron chi connectivity index (χ3n) is 2.20. The zero-order valence-electron chi connectivity index (χ0n) is 9.20. The Morgan fingerprint density at radius 3 is 2.65 bits per heavy atom. The Morgan fingerprint density at radius 1 is 1.53 bits per heavy atom. The van der Waals surface area contributed by atoms with Gasteiger partial charge in [0.25, 0.3) is 5.91 Å². The molecular weight excluding hydrogens is 222 g/mol. The molecule has 0 saturated heterocycles. The van der Waals surface area contributed by atoms with Crippen molar-refractivity contribution in [2.45, 2.75) is 6.42 Å². The highest BCUT2D eigenvalue weighted by atomic mass is 16.5. The molecule has 0 aliphatic carbocycles. The van der Waals surface area contributed by atoms with E-state index in [0.29, 0.717) is 5.75 Å². The average Bonchev–Trinajstić information content (AvgIpc) is 2.37. The summed E-state index contributed by atoms with van der Waals surface area (Å²) in [5, 5.41) is 22.2. The van der Waals surface area contributed by atoms with Gasteiger partial charge in [-0.15, -0.1) is 0 Å². The van der Waals surface area contributed by atoms with E-state index in [-0.39, 0.29) is 6.42 Å². The Morgan fingerprint density at radius 2 is 2.18 bits per heavy atom. The second kappa shape index (κ2) is 6.23. The molecule has 1 N–H and O–H groups in total. The Kier molecular flexibility index (Phi) is 4.63. The standard InChI is InChI=1S/C11H11N3O3/c1-17-10-4-2-8(3-5-10)6-9(7-12)11(15)13-14-16/h2-5,9H,6H2,1H3,(H,13,15,16). The SMILES string of the molecule is COc1ccc(CC(C#N)C(=O)/N=N/O)cc1. The molecule has 0 aromatic heterocycles. The number of rotatable bonds is 4. The van der Waals surface area contributed by atoms with Crippen LogP contribution in [-0.4, -0.2) is 18.2 Å². The van der Waals surface area contributed by atoms with Crippen molar-refractivity contribution < 1.29 is 14.7 Å². The first-order chi connectivity index (χ1) is 8.21. The van der Waals surface area contributed by atoms with Crippen LogP contribution in [0.2, 0.25) is 0 Å². The lowest BCUT2D eigenvalue weighted by atomic mass is 10.0. The minimum Gasteiger partial charge on any atom is -0.497 e. The zero-order chi connectivity index (χ0) is 12.7. The fourth-order valence-corrected chi connectivity index (χ4v) is 1.30.